The van der Waals surface area contributed by atoms with Crippen LogP contribution in [0.1, 0.15) is 37.8 Å². The van der Waals surface area contributed by atoms with Gasteiger partial charge in [-0.05, 0) is 44.1 Å². The van der Waals surface area contributed by atoms with Gasteiger partial charge in [0.25, 0.3) is 5.56 Å². The zero-order valence-electron chi connectivity index (χ0n) is 15.1. The number of nitrogens with zero attached hydrogens (tertiary/aromatic N) is 2. The highest BCUT2D eigenvalue weighted by Crippen LogP contribution is 2.23. The van der Waals surface area contributed by atoms with Gasteiger partial charge in [0.1, 0.15) is 5.69 Å². The van der Waals surface area contributed by atoms with Gasteiger partial charge in [0.15, 0.2) is 5.11 Å². The van der Waals surface area contributed by atoms with Gasteiger partial charge in [-0.1, -0.05) is 37.5 Å². The third kappa shape index (κ3) is 3.72. The van der Waals surface area contributed by atoms with E-state index >= 15 is 0 Å². The van der Waals surface area contributed by atoms with Crippen LogP contribution in [0.5, 0.6) is 0 Å². The van der Waals surface area contributed by atoms with Crippen LogP contribution in [0.3, 0.4) is 0 Å². The average molecular weight is 372 g/mol. The molecule has 1 amide bonds. The summed E-state index contributed by atoms with van der Waals surface area (Å²) in [5.74, 6) is -0.0412. The number of carbonyl (C=O) groups excluding carboxylic acids is 1. The Hall–Kier alpha value is -2.41. The molecule has 0 radical (unpaired) electrons. The summed E-state index contributed by atoms with van der Waals surface area (Å²) in [5.41, 5.74) is 1.69. The number of benzene rings is 1. The number of hydrogen-bond donors (Lipinski definition) is 2. The number of amides is 1. The van der Waals surface area contributed by atoms with Gasteiger partial charge in [0, 0.05) is 13.0 Å². The fourth-order valence-corrected chi connectivity index (χ4v) is 3.64. The van der Waals surface area contributed by atoms with Crippen LogP contribution in [0.4, 0.5) is 5.69 Å². The highest BCUT2D eigenvalue weighted by molar-refractivity contribution is 7.80. The van der Waals surface area contributed by atoms with Crippen molar-refractivity contribution in [3.05, 3.63) is 46.4 Å². The SMILES string of the molecule is Cc1c(NC(=S)NC(=O)C2CCCCC2)c(=O)n(-c2ccccc2)n1C. The first-order chi connectivity index (χ1) is 12.5. The Balaban J connectivity index is 1.77. The van der Waals surface area contributed by atoms with Gasteiger partial charge in [0.2, 0.25) is 5.91 Å². The van der Waals surface area contributed by atoms with E-state index in [0.717, 1.165) is 37.1 Å². The van der Waals surface area contributed by atoms with Crippen LogP contribution < -0.4 is 16.2 Å². The van der Waals surface area contributed by atoms with E-state index in [1.165, 1.54) is 6.42 Å². The van der Waals surface area contributed by atoms with Crippen molar-refractivity contribution in [2.75, 3.05) is 5.32 Å². The fourth-order valence-electron chi connectivity index (χ4n) is 3.44. The molecule has 1 heterocycles. The summed E-state index contributed by atoms with van der Waals surface area (Å²) in [6.45, 7) is 1.84. The van der Waals surface area contributed by atoms with Gasteiger partial charge in [-0.15, -0.1) is 0 Å². The molecule has 26 heavy (non-hydrogen) atoms. The normalized spacial score (nSPS) is 14.8. The third-order valence-electron chi connectivity index (χ3n) is 5.01. The third-order valence-corrected chi connectivity index (χ3v) is 5.21. The van der Waals surface area contributed by atoms with E-state index in [-0.39, 0.29) is 22.5 Å². The standard InChI is InChI=1S/C19H24N4O2S/c1-13-16(18(25)23(22(13)2)15-11-7-4-8-12-15)20-19(26)21-17(24)14-9-5-3-6-10-14/h4,7-8,11-12,14H,3,5-6,9-10H2,1-2H3,(H2,20,21,24,26). The van der Waals surface area contributed by atoms with Crippen molar-refractivity contribution in [1.29, 1.82) is 0 Å². The molecule has 1 fully saturated rings. The molecule has 0 spiro atoms. The number of carbonyl (C=O) groups is 1. The average Bonchev–Trinajstić information content (AvgIpc) is 2.86. The van der Waals surface area contributed by atoms with E-state index in [1.54, 1.807) is 9.36 Å². The number of para-hydroxylation sites is 1. The zero-order chi connectivity index (χ0) is 18.7. The largest absolute Gasteiger partial charge is 0.326 e. The molecule has 2 N–H and O–H groups in total. The smallest absolute Gasteiger partial charge is 0.295 e. The van der Waals surface area contributed by atoms with Gasteiger partial charge < -0.3 is 10.6 Å². The molecule has 1 aromatic heterocycles. The van der Waals surface area contributed by atoms with Crippen LogP contribution in [0.2, 0.25) is 0 Å². The van der Waals surface area contributed by atoms with Gasteiger partial charge >= 0.3 is 0 Å². The minimum atomic E-state index is -0.203. The van der Waals surface area contributed by atoms with Crippen molar-refractivity contribution in [3.8, 4) is 5.69 Å². The van der Waals surface area contributed by atoms with Gasteiger partial charge in [-0.3, -0.25) is 14.3 Å². The lowest BCUT2D eigenvalue weighted by molar-refractivity contribution is -0.124. The molecule has 1 saturated carbocycles. The highest BCUT2D eigenvalue weighted by Gasteiger charge is 2.23. The molecular formula is C19H24N4O2S. The van der Waals surface area contributed by atoms with Crippen LogP contribution in [0, 0.1) is 12.8 Å². The number of nitrogens with one attached hydrogen (secondary N) is 2. The molecule has 6 nitrogen and oxygen atoms in total. The predicted molar refractivity (Wildman–Crippen MR) is 107 cm³/mol. The molecule has 1 aromatic carbocycles. The van der Waals surface area contributed by atoms with Crippen molar-refractivity contribution in [2.45, 2.75) is 39.0 Å². The lowest BCUT2D eigenvalue weighted by Gasteiger charge is -2.21. The molecule has 0 unspecified atom stereocenters. The van der Waals surface area contributed by atoms with Crippen LogP contribution in [0.25, 0.3) is 5.69 Å². The molecule has 2 aromatic rings. The Bertz CT molecular complexity index is 864. The minimum absolute atomic E-state index is 0.0151. The van der Waals surface area contributed by atoms with E-state index in [9.17, 15) is 9.59 Å². The number of hydrogen-bond acceptors (Lipinski definition) is 3. The second-order valence-electron chi connectivity index (χ2n) is 6.71. The molecule has 0 saturated heterocycles. The summed E-state index contributed by atoms with van der Waals surface area (Å²) in [6.07, 6.45) is 5.16. The lowest BCUT2D eigenvalue weighted by atomic mass is 9.89. The van der Waals surface area contributed by atoms with Gasteiger partial charge in [-0.25, -0.2) is 4.68 Å². The maximum Gasteiger partial charge on any atom is 0.295 e. The Kier molecular flexibility index (Phi) is 5.56. The number of anilines is 1. The molecule has 0 atom stereocenters. The summed E-state index contributed by atoms with van der Waals surface area (Å²) in [6, 6.07) is 9.40. The van der Waals surface area contributed by atoms with Crippen LogP contribution >= 0.6 is 12.2 Å². The summed E-state index contributed by atoms with van der Waals surface area (Å²) in [5, 5.41) is 5.84. The quantitative estimate of drug-likeness (QED) is 0.813. The highest BCUT2D eigenvalue weighted by atomic mass is 32.1. The van der Waals surface area contributed by atoms with E-state index in [4.69, 9.17) is 12.2 Å². The molecule has 3 rings (SSSR count). The first-order valence-corrected chi connectivity index (χ1v) is 9.35. The van der Waals surface area contributed by atoms with E-state index in [0.29, 0.717) is 5.69 Å². The maximum absolute atomic E-state index is 12.8. The van der Waals surface area contributed by atoms with Crippen molar-refractivity contribution in [1.82, 2.24) is 14.7 Å². The topological polar surface area (TPSA) is 68.1 Å². The molecule has 138 valence electrons. The zero-order valence-corrected chi connectivity index (χ0v) is 15.9. The first kappa shape index (κ1) is 18.4. The van der Waals surface area contributed by atoms with Crippen LogP contribution in [0.15, 0.2) is 35.1 Å². The second kappa shape index (κ2) is 7.86. The van der Waals surface area contributed by atoms with Crippen molar-refractivity contribution in [3.63, 3.8) is 0 Å². The Morgan fingerprint density at radius 3 is 2.46 bits per heavy atom. The molecule has 1 aliphatic carbocycles. The van der Waals surface area contributed by atoms with E-state index in [1.807, 2.05) is 44.3 Å². The minimum Gasteiger partial charge on any atom is -0.326 e. The predicted octanol–water partition coefficient (Wildman–Crippen LogP) is 2.88. The molecule has 1 aliphatic rings. The van der Waals surface area contributed by atoms with Gasteiger partial charge in [-0.2, -0.15) is 0 Å². The Labute approximate surface area is 158 Å². The number of thiocarbonyl (C=S) groups is 1. The summed E-state index contributed by atoms with van der Waals surface area (Å²) in [7, 11) is 1.82. The van der Waals surface area contributed by atoms with Gasteiger partial charge in [0.05, 0.1) is 11.4 Å². The Morgan fingerprint density at radius 1 is 1.15 bits per heavy atom. The van der Waals surface area contributed by atoms with E-state index in [2.05, 4.69) is 10.6 Å². The Morgan fingerprint density at radius 2 is 1.81 bits per heavy atom. The first-order valence-electron chi connectivity index (χ1n) is 8.95. The number of aromatic nitrogens is 2. The summed E-state index contributed by atoms with van der Waals surface area (Å²) < 4.78 is 3.34. The molecule has 0 bridgehead atoms. The van der Waals surface area contributed by atoms with Crippen LogP contribution in [-0.4, -0.2) is 20.4 Å². The van der Waals surface area contributed by atoms with E-state index < -0.39 is 0 Å². The van der Waals surface area contributed by atoms with Crippen molar-refractivity contribution in [2.24, 2.45) is 13.0 Å². The monoisotopic (exact) mass is 372 g/mol. The van der Waals surface area contributed by atoms with Crippen LogP contribution in [-0.2, 0) is 11.8 Å². The molecule has 0 aliphatic heterocycles. The summed E-state index contributed by atoms with van der Waals surface area (Å²) >= 11 is 5.27. The fraction of sp³-hybridized carbons (Fsp3) is 0.421. The number of rotatable bonds is 3. The maximum atomic E-state index is 12.8. The lowest BCUT2D eigenvalue weighted by Crippen LogP contribution is -2.39. The second-order valence-corrected chi connectivity index (χ2v) is 7.12. The van der Waals surface area contributed by atoms with Crippen molar-refractivity contribution >= 4 is 28.9 Å². The van der Waals surface area contributed by atoms with Crippen molar-refractivity contribution < 1.29 is 4.79 Å². The molecular weight excluding hydrogens is 348 g/mol. The summed E-state index contributed by atoms with van der Waals surface area (Å²) in [4.78, 5) is 25.2. The molecule has 7 heteroatoms.